The topological polar surface area (TPSA) is 88.8 Å². The van der Waals surface area contributed by atoms with E-state index in [2.05, 4.69) is 20.8 Å². The molecule has 0 atom stereocenters. The number of halogens is 1. The third-order valence-corrected chi connectivity index (χ3v) is 6.87. The molecule has 32 heavy (non-hydrogen) atoms. The Labute approximate surface area is 198 Å². The number of thiazole rings is 1. The zero-order chi connectivity index (χ0) is 22.5. The molecule has 0 aliphatic carbocycles. The largest absolute Gasteiger partial charge is 0.379 e. The van der Waals surface area contributed by atoms with Gasteiger partial charge in [0.1, 0.15) is 0 Å². The zero-order valence-corrected chi connectivity index (χ0v) is 19.8. The van der Waals surface area contributed by atoms with Crippen molar-refractivity contribution in [2.24, 2.45) is 0 Å². The number of carbonyl (C=O) groups excluding carboxylic acids is 1. The first-order valence-electron chi connectivity index (χ1n) is 10.4. The summed E-state index contributed by atoms with van der Waals surface area (Å²) in [4.78, 5) is 32.5. The van der Waals surface area contributed by atoms with Crippen LogP contribution in [0.15, 0.2) is 46.9 Å². The quantitative estimate of drug-likeness (QED) is 0.326. The van der Waals surface area contributed by atoms with E-state index in [1.54, 1.807) is 17.0 Å². The summed E-state index contributed by atoms with van der Waals surface area (Å²) in [5, 5.41) is 11.6. The van der Waals surface area contributed by atoms with Gasteiger partial charge in [0.15, 0.2) is 5.13 Å². The van der Waals surface area contributed by atoms with Gasteiger partial charge in [0.25, 0.3) is 5.69 Å². The molecule has 1 aliphatic rings. The van der Waals surface area contributed by atoms with Gasteiger partial charge in [-0.3, -0.25) is 24.7 Å². The van der Waals surface area contributed by atoms with E-state index in [4.69, 9.17) is 9.72 Å². The van der Waals surface area contributed by atoms with Crippen molar-refractivity contribution in [2.45, 2.75) is 12.8 Å². The lowest BCUT2D eigenvalue weighted by Gasteiger charge is -2.27. The van der Waals surface area contributed by atoms with Crippen LogP contribution >= 0.6 is 27.3 Å². The van der Waals surface area contributed by atoms with Crippen LogP contribution in [0.4, 0.5) is 10.8 Å². The maximum Gasteiger partial charge on any atom is 0.269 e. The highest BCUT2D eigenvalue weighted by Crippen LogP contribution is 2.31. The number of ether oxygens (including phenoxy) is 1. The fourth-order valence-electron chi connectivity index (χ4n) is 3.61. The van der Waals surface area contributed by atoms with Gasteiger partial charge in [0.05, 0.1) is 34.8 Å². The number of fused-ring (bicyclic) bond motifs is 1. The molecule has 0 spiro atoms. The Bertz CT molecular complexity index is 1100. The van der Waals surface area contributed by atoms with Crippen LogP contribution in [0.1, 0.15) is 12.0 Å². The highest BCUT2D eigenvalue weighted by atomic mass is 79.9. The van der Waals surface area contributed by atoms with Crippen molar-refractivity contribution < 1.29 is 14.5 Å². The number of nitro benzene ring substituents is 1. The molecule has 1 aromatic heterocycles. The van der Waals surface area contributed by atoms with Gasteiger partial charge in [0, 0.05) is 42.8 Å². The summed E-state index contributed by atoms with van der Waals surface area (Å²) in [7, 11) is 0. The fourth-order valence-corrected chi connectivity index (χ4v) is 5.17. The monoisotopic (exact) mass is 518 g/mol. The smallest absolute Gasteiger partial charge is 0.269 e. The Balaban J connectivity index is 1.51. The number of nitro groups is 1. The first-order valence-corrected chi connectivity index (χ1v) is 12.0. The number of amides is 1. The molecular weight excluding hydrogens is 496 g/mol. The average Bonchev–Trinajstić information content (AvgIpc) is 3.20. The van der Waals surface area contributed by atoms with Gasteiger partial charge in [0.2, 0.25) is 5.91 Å². The van der Waals surface area contributed by atoms with Crippen LogP contribution in [0.2, 0.25) is 0 Å². The van der Waals surface area contributed by atoms with Crippen molar-refractivity contribution in [1.29, 1.82) is 0 Å². The van der Waals surface area contributed by atoms with Crippen LogP contribution in [0.3, 0.4) is 0 Å². The number of carbonyl (C=O) groups is 1. The van der Waals surface area contributed by atoms with Crippen molar-refractivity contribution in [1.82, 2.24) is 9.88 Å². The van der Waals surface area contributed by atoms with E-state index >= 15 is 0 Å². The summed E-state index contributed by atoms with van der Waals surface area (Å²) in [6, 6.07) is 12.0. The molecule has 1 fully saturated rings. The summed E-state index contributed by atoms with van der Waals surface area (Å²) in [6.45, 7) is 4.76. The molecule has 4 rings (SSSR count). The number of benzene rings is 2. The lowest BCUT2D eigenvalue weighted by molar-refractivity contribution is -0.384. The second kappa shape index (κ2) is 10.5. The van der Waals surface area contributed by atoms with Crippen LogP contribution in [-0.2, 0) is 16.0 Å². The molecule has 1 aliphatic heterocycles. The standard InChI is InChI=1S/C22H23BrN4O4S/c23-17-4-7-19-20(15-17)32-22(24-19)26(9-1-8-25-10-12-31-13-11-25)21(28)14-16-2-5-18(6-3-16)27(29)30/h2-7,15H,1,8-14H2. The molecule has 1 saturated heterocycles. The molecule has 0 unspecified atom stereocenters. The highest BCUT2D eigenvalue weighted by Gasteiger charge is 2.21. The Hall–Kier alpha value is -2.40. The summed E-state index contributed by atoms with van der Waals surface area (Å²) < 4.78 is 7.39. The third-order valence-electron chi connectivity index (χ3n) is 5.33. The Morgan fingerprint density at radius 3 is 2.69 bits per heavy atom. The van der Waals surface area contributed by atoms with E-state index in [-0.39, 0.29) is 18.0 Å². The van der Waals surface area contributed by atoms with E-state index in [0.29, 0.717) is 11.7 Å². The summed E-state index contributed by atoms with van der Waals surface area (Å²) in [5.74, 6) is -0.0704. The van der Waals surface area contributed by atoms with Crippen LogP contribution in [0.25, 0.3) is 10.2 Å². The molecule has 2 aromatic carbocycles. The number of non-ortho nitro benzene ring substituents is 1. The van der Waals surface area contributed by atoms with E-state index in [9.17, 15) is 14.9 Å². The molecule has 8 nitrogen and oxygen atoms in total. The molecule has 1 amide bonds. The van der Waals surface area contributed by atoms with Gasteiger partial charge in [-0.2, -0.15) is 0 Å². The van der Waals surface area contributed by atoms with Gasteiger partial charge >= 0.3 is 0 Å². The van der Waals surface area contributed by atoms with Crippen LogP contribution in [0.5, 0.6) is 0 Å². The van der Waals surface area contributed by atoms with E-state index in [1.807, 2.05) is 18.2 Å². The minimum atomic E-state index is -0.442. The summed E-state index contributed by atoms with van der Waals surface area (Å²) >= 11 is 4.98. The predicted molar refractivity (Wildman–Crippen MR) is 128 cm³/mol. The molecule has 2 heterocycles. The molecule has 10 heteroatoms. The van der Waals surface area contributed by atoms with E-state index in [0.717, 1.165) is 59.5 Å². The van der Waals surface area contributed by atoms with E-state index < -0.39 is 4.92 Å². The second-order valence-electron chi connectivity index (χ2n) is 7.56. The van der Waals surface area contributed by atoms with Gasteiger partial charge in [-0.15, -0.1) is 0 Å². The van der Waals surface area contributed by atoms with Crippen molar-refractivity contribution in [3.63, 3.8) is 0 Å². The Morgan fingerprint density at radius 1 is 1.22 bits per heavy atom. The van der Waals surface area contributed by atoms with Gasteiger partial charge < -0.3 is 4.74 Å². The lowest BCUT2D eigenvalue weighted by Crippen LogP contribution is -2.39. The van der Waals surface area contributed by atoms with Crippen molar-refractivity contribution in [2.75, 3.05) is 44.3 Å². The number of morpholine rings is 1. The second-order valence-corrected chi connectivity index (χ2v) is 9.49. The molecule has 0 radical (unpaired) electrons. The fraction of sp³-hybridized carbons (Fsp3) is 0.364. The number of nitrogens with zero attached hydrogens (tertiary/aromatic N) is 4. The molecule has 168 valence electrons. The number of hydrogen-bond donors (Lipinski definition) is 0. The van der Waals surface area contributed by atoms with Crippen LogP contribution in [0, 0.1) is 10.1 Å². The number of rotatable bonds is 8. The van der Waals surface area contributed by atoms with Gasteiger partial charge in [-0.25, -0.2) is 4.98 Å². The highest BCUT2D eigenvalue weighted by molar-refractivity contribution is 9.10. The maximum absolute atomic E-state index is 13.3. The number of hydrogen-bond acceptors (Lipinski definition) is 7. The zero-order valence-electron chi connectivity index (χ0n) is 17.4. The number of aromatic nitrogens is 1. The minimum Gasteiger partial charge on any atom is -0.379 e. The van der Waals surface area contributed by atoms with Crippen LogP contribution < -0.4 is 4.90 Å². The molecule has 0 N–H and O–H groups in total. The van der Waals surface area contributed by atoms with E-state index in [1.165, 1.54) is 23.5 Å². The van der Waals surface area contributed by atoms with Gasteiger partial charge in [-0.05, 0) is 30.2 Å². The first-order chi connectivity index (χ1) is 15.5. The molecule has 0 saturated carbocycles. The third kappa shape index (κ3) is 5.69. The Morgan fingerprint density at radius 2 is 1.97 bits per heavy atom. The predicted octanol–water partition coefficient (Wildman–Crippen LogP) is 4.27. The molecular formula is C22H23BrN4O4S. The SMILES string of the molecule is O=C(Cc1ccc([N+](=O)[O-])cc1)N(CCCN1CCOCC1)c1nc2ccc(Br)cc2s1. The minimum absolute atomic E-state index is 0.0142. The van der Waals surface area contributed by atoms with Gasteiger partial charge in [-0.1, -0.05) is 39.4 Å². The average molecular weight is 519 g/mol. The Kier molecular flexibility index (Phi) is 7.46. The summed E-state index contributed by atoms with van der Waals surface area (Å²) in [6.07, 6.45) is 0.987. The first kappa shape index (κ1) is 22.8. The lowest BCUT2D eigenvalue weighted by atomic mass is 10.1. The van der Waals surface area contributed by atoms with Crippen molar-refractivity contribution in [3.8, 4) is 0 Å². The van der Waals surface area contributed by atoms with Crippen LogP contribution in [-0.4, -0.2) is 60.1 Å². The summed E-state index contributed by atoms with van der Waals surface area (Å²) in [5.41, 5.74) is 1.61. The normalized spacial score (nSPS) is 14.5. The van der Waals surface area contributed by atoms with Crippen molar-refractivity contribution in [3.05, 3.63) is 62.6 Å². The number of anilines is 1. The maximum atomic E-state index is 13.3. The molecule has 3 aromatic rings. The molecule has 0 bridgehead atoms. The van der Waals surface area contributed by atoms with Crippen molar-refractivity contribution >= 4 is 54.2 Å².